The van der Waals surface area contributed by atoms with Gasteiger partial charge in [0, 0.05) is 40.7 Å². The zero-order valence-electron chi connectivity index (χ0n) is 29.1. The summed E-state index contributed by atoms with van der Waals surface area (Å²) in [7, 11) is 0. The smallest absolute Gasteiger partial charge is 0.161 e. The van der Waals surface area contributed by atoms with Gasteiger partial charge in [-0.05, 0) is 92.3 Å². The van der Waals surface area contributed by atoms with Crippen LogP contribution in [0.2, 0.25) is 0 Å². The van der Waals surface area contributed by atoms with Gasteiger partial charge in [0.1, 0.15) is 0 Å². The van der Waals surface area contributed by atoms with E-state index in [0.717, 1.165) is 83.4 Å². The van der Waals surface area contributed by atoms with E-state index in [2.05, 4.69) is 137 Å². The highest BCUT2D eigenvalue weighted by Crippen LogP contribution is 2.40. The molecule has 0 spiro atoms. The van der Waals surface area contributed by atoms with Gasteiger partial charge in [-0.25, -0.2) is 15.0 Å². The van der Waals surface area contributed by atoms with Gasteiger partial charge in [0.25, 0.3) is 0 Å². The van der Waals surface area contributed by atoms with Crippen molar-refractivity contribution in [3.05, 3.63) is 188 Å². The van der Waals surface area contributed by atoms with Gasteiger partial charge in [-0.3, -0.25) is 9.97 Å². The van der Waals surface area contributed by atoms with Crippen LogP contribution in [-0.2, 0) is 0 Å². The molecule has 0 amide bonds. The zero-order valence-corrected chi connectivity index (χ0v) is 29.1. The molecule has 252 valence electrons. The average Bonchev–Trinajstić information content (AvgIpc) is 3.26. The van der Waals surface area contributed by atoms with Crippen LogP contribution in [0.3, 0.4) is 0 Å². The Labute approximate surface area is 312 Å². The SMILES string of the molecule is c1ccc(-c2cc(-c3ccc(-c4ccc(-c5nc(-c6cccnc6)cc(-c6ccccn6)n5)c5ccccc45)cc3)c3c(ccc4ccccc43)n2)cc1. The van der Waals surface area contributed by atoms with Crippen molar-refractivity contribution >= 4 is 32.4 Å². The van der Waals surface area contributed by atoms with Gasteiger partial charge in [-0.15, -0.1) is 0 Å². The summed E-state index contributed by atoms with van der Waals surface area (Å²) in [5, 5.41) is 5.77. The second-order valence-corrected chi connectivity index (χ2v) is 13.3. The van der Waals surface area contributed by atoms with Crippen LogP contribution in [0.1, 0.15) is 0 Å². The number of aromatic nitrogens is 5. The quantitative estimate of drug-likeness (QED) is 0.163. The van der Waals surface area contributed by atoms with Crippen LogP contribution in [0.5, 0.6) is 0 Å². The molecule has 0 aliphatic carbocycles. The fraction of sp³-hybridized carbons (Fsp3) is 0. The first-order valence-corrected chi connectivity index (χ1v) is 18.0. The third-order valence-electron chi connectivity index (χ3n) is 10.1. The van der Waals surface area contributed by atoms with E-state index in [1.165, 1.54) is 10.8 Å². The summed E-state index contributed by atoms with van der Waals surface area (Å²) in [6.07, 6.45) is 5.39. The van der Waals surface area contributed by atoms with E-state index >= 15 is 0 Å². The van der Waals surface area contributed by atoms with Crippen LogP contribution < -0.4 is 0 Å². The number of pyridine rings is 3. The zero-order chi connectivity index (χ0) is 35.8. The second-order valence-electron chi connectivity index (χ2n) is 13.3. The molecule has 4 aromatic heterocycles. The third kappa shape index (κ3) is 5.65. The molecule has 0 bridgehead atoms. The van der Waals surface area contributed by atoms with E-state index < -0.39 is 0 Å². The van der Waals surface area contributed by atoms with Crippen LogP contribution in [-0.4, -0.2) is 24.9 Å². The van der Waals surface area contributed by atoms with Gasteiger partial charge in [0.05, 0.1) is 28.3 Å². The lowest BCUT2D eigenvalue weighted by molar-refractivity contribution is 1.16. The summed E-state index contributed by atoms with van der Waals surface area (Å²) < 4.78 is 0. The van der Waals surface area contributed by atoms with Gasteiger partial charge in [0.2, 0.25) is 0 Å². The molecule has 5 nitrogen and oxygen atoms in total. The molecule has 6 aromatic carbocycles. The molecular formula is C49H31N5. The van der Waals surface area contributed by atoms with E-state index in [0.29, 0.717) is 5.82 Å². The van der Waals surface area contributed by atoms with Crippen LogP contribution in [0, 0.1) is 0 Å². The lowest BCUT2D eigenvalue weighted by Crippen LogP contribution is -1.98. The standard InChI is InChI=1S/C49H31N5/c1-2-12-35(13-3-1)45-29-42(48-38-15-5-4-11-32(38)23-26-44(48)52-45)34-21-19-33(20-22-34)37-24-25-41(40-17-7-6-16-39(37)40)49-53-46(36-14-10-27-50-31-36)30-47(54-49)43-18-8-9-28-51-43/h1-31H. The summed E-state index contributed by atoms with van der Waals surface area (Å²) in [4.78, 5) is 24.3. The maximum atomic E-state index is 5.14. The maximum absolute atomic E-state index is 5.14. The topological polar surface area (TPSA) is 64.5 Å². The average molecular weight is 690 g/mol. The Morgan fingerprint density at radius 1 is 0.352 bits per heavy atom. The number of hydrogen-bond acceptors (Lipinski definition) is 5. The lowest BCUT2D eigenvalue weighted by atomic mass is 9.91. The maximum Gasteiger partial charge on any atom is 0.161 e. The van der Waals surface area contributed by atoms with Crippen molar-refractivity contribution in [2.45, 2.75) is 0 Å². The Balaban J connectivity index is 1.10. The molecule has 4 heterocycles. The van der Waals surface area contributed by atoms with E-state index in [4.69, 9.17) is 15.0 Å². The Bertz CT molecular complexity index is 2910. The molecule has 0 saturated heterocycles. The molecule has 0 fully saturated rings. The van der Waals surface area contributed by atoms with Crippen molar-refractivity contribution in [3.63, 3.8) is 0 Å². The van der Waals surface area contributed by atoms with Gasteiger partial charge in [-0.1, -0.05) is 121 Å². The number of benzene rings is 6. The fourth-order valence-corrected chi connectivity index (χ4v) is 7.44. The molecule has 0 saturated carbocycles. The van der Waals surface area contributed by atoms with Gasteiger partial charge in [-0.2, -0.15) is 0 Å². The highest BCUT2D eigenvalue weighted by atomic mass is 14.9. The molecule has 5 heteroatoms. The van der Waals surface area contributed by atoms with E-state index in [1.807, 2.05) is 48.7 Å². The minimum Gasteiger partial charge on any atom is -0.264 e. The largest absolute Gasteiger partial charge is 0.264 e. The van der Waals surface area contributed by atoms with Crippen molar-refractivity contribution in [2.24, 2.45) is 0 Å². The fourth-order valence-electron chi connectivity index (χ4n) is 7.44. The van der Waals surface area contributed by atoms with Gasteiger partial charge >= 0.3 is 0 Å². The summed E-state index contributed by atoms with van der Waals surface area (Å²) >= 11 is 0. The molecule has 0 aliphatic heterocycles. The Morgan fingerprint density at radius 3 is 1.80 bits per heavy atom. The van der Waals surface area contributed by atoms with Crippen molar-refractivity contribution in [3.8, 4) is 67.5 Å². The predicted octanol–water partition coefficient (Wildman–Crippen LogP) is 12.1. The third-order valence-corrected chi connectivity index (χ3v) is 10.1. The number of fused-ring (bicyclic) bond motifs is 4. The van der Waals surface area contributed by atoms with Crippen molar-refractivity contribution in [2.75, 3.05) is 0 Å². The molecule has 0 radical (unpaired) electrons. The van der Waals surface area contributed by atoms with Crippen LogP contribution >= 0.6 is 0 Å². The molecule has 10 aromatic rings. The van der Waals surface area contributed by atoms with Crippen molar-refractivity contribution in [1.82, 2.24) is 24.9 Å². The summed E-state index contributed by atoms with van der Waals surface area (Å²) in [5.74, 6) is 0.640. The minimum absolute atomic E-state index is 0.640. The Kier molecular flexibility index (Phi) is 7.73. The number of rotatable bonds is 6. The van der Waals surface area contributed by atoms with E-state index in [9.17, 15) is 0 Å². The lowest BCUT2D eigenvalue weighted by Gasteiger charge is -2.15. The van der Waals surface area contributed by atoms with Gasteiger partial charge in [0.15, 0.2) is 5.82 Å². The van der Waals surface area contributed by atoms with Crippen molar-refractivity contribution in [1.29, 1.82) is 0 Å². The minimum atomic E-state index is 0.640. The monoisotopic (exact) mass is 689 g/mol. The molecule has 0 unspecified atom stereocenters. The normalized spacial score (nSPS) is 11.3. The van der Waals surface area contributed by atoms with Crippen molar-refractivity contribution < 1.29 is 0 Å². The van der Waals surface area contributed by atoms with E-state index in [-0.39, 0.29) is 0 Å². The Morgan fingerprint density at radius 2 is 1.02 bits per heavy atom. The van der Waals surface area contributed by atoms with Crippen LogP contribution in [0.15, 0.2) is 188 Å². The number of nitrogens with zero attached hydrogens (tertiary/aromatic N) is 5. The first-order valence-electron chi connectivity index (χ1n) is 18.0. The summed E-state index contributed by atoms with van der Waals surface area (Å²) in [6, 6.07) is 59.1. The highest BCUT2D eigenvalue weighted by molar-refractivity contribution is 6.14. The molecule has 10 rings (SSSR count). The van der Waals surface area contributed by atoms with Crippen LogP contribution in [0.4, 0.5) is 0 Å². The molecular weight excluding hydrogens is 659 g/mol. The first kappa shape index (κ1) is 31.4. The highest BCUT2D eigenvalue weighted by Gasteiger charge is 2.17. The van der Waals surface area contributed by atoms with Crippen LogP contribution in [0.25, 0.3) is 100.0 Å². The Hall–Kier alpha value is -7.37. The van der Waals surface area contributed by atoms with E-state index in [1.54, 1.807) is 12.4 Å². The molecule has 0 aliphatic rings. The summed E-state index contributed by atoms with van der Waals surface area (Å²) in [6.45, 7) is 0. The second kappa shape index (κ2) is 13.3. The molecule has 0 atom stereocenters. The first-order chi connectivity index (χ1) is 26.8. The summed E-state index contributed by atoms with van der Waals surface area (Å²) in [5.41, 5.74) is 11.8. The number of hydrogen-bond donors (Lipinski definition) is 0. The predicted molar refractivity (Wildman–Crippen MR) is 221 cm³/mol. The molecule has 0 N–H and O–H groups in total. The molecule has 54 heavy (non-hydrogen) atoms. The van der Waals surface area contributed by atoms with Gasteiger partial charge < -0.3 is 0 Å².